The highest BCUT2D eigenvalue weighted by molar-refractivity contribution is 5.77. The number of carboxylic acids is 1. The number of hydrogen-bond acceptors (Lipinski definition) is 3. The average Bonchev–Trinajstić information content (AvgIpc) is 2.17. The van der Waals surface area contributed by atoms with Gasteiger partial charge in [-0.2, -0.15) is 0 Å². The molecule has 0 aliphatic carbocycles. The molecule has 0 fully saturated rings. The van der Waals surface area contributed by atoms with Crippen molar-refractivity contribution in [1.82, 2.24) is 4.98 Å². The summed E-state index contributed by atoms with van der Waals surface area (Å²) >= 11 is 0. The molecule has 0 aromatic carbocycles. The zero-order valence-electron chi connectivity index (χ0n) is 8.44. The minimum absolute atomic E-state index is 0.337. The molecule has 0 amide bonds. The van der Waals surface area contributed by atoms with E-state index in [1.54, 1.807) is 0 Å². The molecule has 4 nitrogen and oxygen atoms in total. The molecule has 0 bridgehead atoms. The zero-order valence-corrected chi connectivity index (χ0v) is 8.44. The van der Waals surface area contributed by atoms with Gasteiger partial charge in [-0.3, -0.25) is 4.98 Å². The number of pyridine rings is 1. The Morgan fingerprint density at radius 2 is 2.20 bits per heavy atom. The lowest BCUT2D eigenvalue weighted by Gasteiger charge is -2.25. The SMILES string of the molecule is CC(c1ccc(F)cn1)C(C)(O)C(=O)O. The Hall–Kier alpha value is -1.49. The third-order valence-corrected chi connectivity index (χ3v) is 2.47. The standard InChI is InChI=1S/C10H12FNO3/c1-6(10(2,15)9(13)14)8-4-3-7(11)5-12-8/h3-6,15H,1-2H3,(H,13,14). The summed E-state index contributed by atoms with van der Waals surface area (Å²) in [4.78, 5) is 14.5. The summed E-state index contributed by atoms with van der Waals surface area (Å²) in [6.07, 6.45) is 0.990. The van der Waals surface area contributed by atoms with Gasteiger partial charge in [0.2, 0.25) is 0 Å². The molecule has 2 N–H and O–H groups in total. The second-order valence-electron chi connectivity index (χ2n) is 3.58. The number of aliphatic hydroxyl groups is 1. The first kappa shape index (κ1) is 11.6. The van der Waals surface area contributed by atoms with Crippen molar-refractivity contribution in [3.05, 3.63) is 29.8 Å². The fraction of sp³-hybridized carbons (Fsp3) is 0.400. The molecule has 1 aromatic rings. The van der Waals surface area contributed by atoms with Crippen LogP contribution in [-0.2, 0) is 4.79 Å². The number of halogens is 1. The molecule has 0 saturated carbocycles. The van der Waals surface area contributed by atoms with E-state index >= 15 is 0 Å². The van der Waals surface area contributed by atoms with Crippen LogP contribution in [0.25, 0.3) is 0 Å². The van der Waals surface area contributed by atoms with Gasteiger partial charge in [0.1, 0.15) is 5.82 Å². The molecular weight excluding hydrogens is 201 g/mol. The van der Waals surface area contributed by atoms with Gasteiger partial charge in [-0.15, -0.1) is 0 Å². The third-order valence-electron chi connectivity index (χ3n) is 2.47. The van der Waals surface area contributed by atoms with E-state index in [-0.39, 0.29) is 0 Å². The van der Waals surface area contributed by atoms with Crippen LogP contribution in [0.1, 0.15) is 25.5 Å². The Bertz CT molecular complexity index is 361. The topological polar surface area (TPSA) is 70.4 Å². The van der Waals surface area contributed by atoms with Gasteiger partial charge in [-0.25, -0.2) is 9.18 Å². The van der Waals surface area contributed by atoms with Crippen molar-refractivity contribution in [2.24, 2.45) is 0 Å². The van der Waals surface area contributed by atoms with Crippen LogP contribution in [0.3, 0.4) is 0 Å². The second-order valence-corrected chi connectivity index (χ2v) is 3.58. The van der Waals surface area contributed by atoms with Crippen LogP contribution in [-0.4, -0.2) is 26.8 Å². The van der Waals surface area contributed by atoms with Crippen LogP contribution in [0.5, 0.6) is 0 Å². The number of carboxylic acid groups (broad SMARTS) is 1. The Morgan fingerprint density at radius 3 is 2.60 bits per heavy atom. The highest BCUT2D eigenvalue weighted by atomic mass is 19.1. The van der Waals surface area contributed by atoms with E-state index in [2.05, 4.69) is 4.98 Å². The van der Waals surface area contributed by atoms with Crippen LogP contribution < -0.4 is 0 Å². The maximum absolute atomic E-state index is 12.6. The summed E-state index contributed by atoms with van der Waals surface area (Å²) in [6, 6.07) is 2.54. The van der Waals surface area contributed by atoms with Crippen molar-refractivity contribution in [2.75, 3.05) is 0 Å². The molecule has 0 saturated heterocycles. The van der Waals surface area contributed by atoms with E-state index in [1.165, 1.54) is 26.0 Å². The lowest BCUT2D eigenvalue weighted by Crippen LogP contribution is -2.40. The number of hydrogen-bond donors (Lipinski definition) is 2. The van der Waals surface area contributed by atoms with Gasteiger partial charge in [0.25, 0.3) is 0 Å². The number of rotatable bonds is 3. The number of aliphatic carboxylic acids is 1. The highest BCUT2D eigenvalue weighted by Gasteiger charge is 2.38. The van der Waals surface area contributed by atoms with E-state index in [0.717, 1.165) is 6.20 Å². The van der Waals surface area contributed by atoms with Crippen LogP contribution in [0, 0.1) is 5.82 Å². The van der Waals surface area contributed by atoms with E-state index < -0.39 is 23.3 Å². The van der Waals surface area contributed by atoms with Crippen molar-refractivity contribution in [1.29, 1.82) is 0 Å². The molecular formula is C10H12FNO3. The maximum atomic E-state index is 12.6. The second kappa shape index (κ2) is 3.94. The first-order valence-corrected chi connectivity index (χ1v) is 4.43. The lowest BCUT2D eigenvalue weighted by atomic mass is 9.88. The van der Waals surface area contributed by atoms with Crippen molar-refractivity contribution in [3.8, 4) is 0 Å². The molecule has 15 heavy (non-hydrogen) atoms. The largest absolute Gasteiger partial charge is 0.479 e. The summed E-state index contributed by atoms with van der Waals surface area (Å²) in [5.41, 5.74) is -1.58. The molecule has 1 aromatic heterocycles. The fourth-order valence-electron chi connectivity index (χ4n) is 1.12. The summed E-state index contributed by atoms with van der Waals surface area (Å²) in [5.74, 6) is -2.54. The average molecular weight is 213 g/mol. The molecule has 5 heteroatoms. The van der Waals surface area contributed by atoms with Gasteiger partial charge >= 0.3 is 5.97 Å². The fourth-order valence-corrected chi connectivity index (χ4v) is 1.12. The van der Waals surface area contributed by atoms with Gasteiger partial charge in [0, 0.05) is 11.6 Å². The van der Waals surface area contributed by atoms with E-state index in [0.29, 0.717) is 5.69 Å². The molecule has 82 valence electrons. The summed E-state index contributed by atoms with van der Waals surface area (Å²) in [6.45, 7) is 2.71. The van der Waals surface area contributed by atoms with Gasteiger partial charge in [0.15, 0.2) is 5.60 Å². The maximum Gasteiger partial charge on any atom is 0.336 e. The molecule has 0 aliphatic rings. The summed E-state index contributed by atoms with van der Waals surface area (Å²) in [5, 5.41) is 18.4. The third kappa shape index (κ3) is 2.30. The molecule has 0 aliphatic heterocycles. The van der Waals surface area contributed by atoms with Crippen molar-refractivity contribution >= 4 is 5.97 Å². The lowest BCUT2D eigenvalue weighted by molar-refractivity contribution is -0.158. The molecule has 1 rings (SSSR count). The smallest absolute Gasteiger partial charge is 0.336 e. The quantitative estimate of drug-likeness (QED) is 0.790. The Balaban J connectivity index is 2.99. The van der Waals surface area contributed by atoms with Crippen molar-refractivity contribution in [2.45, 2.75) is 25.4 Å². The summed E-state index contributed by atoms with van der Waals surface area (Å²) < 4.78 is 12.6. The monoisotopic (exact) mass is 213 g/mol. The van der Waals surface area contributed by atoms with Crippen LogP contribution in [0.15, 0.2) is 18.3 Å². The minimum atomic E-state index is -1.91. The Kier molecular flexibility index (Phi) is 3.04. The highest BCUT2D eigenvalue weighted by Crippen LogP contribution is 2.26. The van der Waals surface area contributed by atoms with Gasteiger partial charge in [-0.05, 0) is 19.1 Å². The predicted molar refractivity (Wildman–Crippen MR) is 50.9 cm³/mol. The predicted octanol–water partition coefficient (Wildman–Crippen LogP) is 1.16. The molecule has 1 heterocycles. The number of carbonyl (C=O) groups is 1. The number of nitrogens with zero attached hydrogens (tertiary/aromatic N) is 1. The van der Waals surface area contributed by atoms with E-state index in [1.807, 2.05) is 0 Å². The van der Waals surface area contributed by atoms with Crippen LogP contribution in [0.2, 0.25) is 0 Å². The van der Waals surface area contributed by atoms with Crippen LogP contribution >= 0.6 is 0 Å². The van der Waals surface area contributed by atoms with Gasteiger partial charge in [-0.1, -0.05) is 6.92 Å². The summed E-state index contributed by atoms with van der Waals surface area (Å²) in [7, 11) is 0. The molecule has 2 unspecified atom stereocenters. The van der Waals surface area contributed by atoms with Crippen molar-refractivity contribution < 1.29 is 19.4 Å². The molecule has 0 radical (unpaired) electrons. The first-order valence-electron chi connectivity index (χ1n) is 4.43. The Labute approximate surface area is 86.4 Å². The van der Waals surface area contributed by atoms with Crippen molar-refractivity contribution in [3.63, 3.8) is 0 Å². The number of aromatic nitrogens is 1. The zero-order chi connectivity index (χ0) is 11.6. The van der Waals surface area contributed by atoms with E-state index in [4.69, 9.17) is 5.11 Å². The normalized spacial score (nSPS) is 16.8. The van der Waals surface area contributed by atoms with E-state index in [9.17, 15) is 14.3 Å². The molecule has 2 atom stereocenters. The first-order chi connectivity index (χ1) is 6.85. The van der Waals surface area contributed by atoms with Gasteiger partial charge < -0.3 is 10.2 Å². The Morgan fingerprint density at radius 1 is 1.60 bits per heavy atom. The van der Waals surface area contributed by atoms with Gasteiger partial charge in [0.05, 0.1) is 6.20 Å². The minimum Gasteiger partial charge on any atom is -0.479 e. The van der Waals surface area contributed by atoms with Crippen LogP contribution in [0.4, 0.5) is 4.39 Å². The molecule has 0 spiro atoms.